The second kappa shape index (κ2) is 7.11. The van der Waals surface area contributed by atoms with Crippen LogP contribution in [0.25, 0.3) is 0 Å². The van der Waals surface area contributed by atoms with Crippen molar-refractivity contribution < 1.29 is 0 Å². The van der Waals surface area contributed by atoms with Crippen LogP contribution < -0.4 is 5.73 Å². The van der Waals surface area contributed by atoms with Crippen LogP contribution in [-0.4, -0.2) is 50.6 Å². The van der Waals surface area contributed by atoms with Crippen molar-refractivity contribution in [3.05, 3.63) is 34.3 Å². The Balaban J connectivity index is 2.66. The highest BCUT2D eigenvalue weighted by molar-refractivity contribution is 9.10. The van der Waals surface area contributed by atoms with Crippen LogP contribution in [0.1, 0.15) is 11.6 Å². The zero-order valence-corrected chi connectivity index (χ0v) is 12.4. The van der Waals surface area contributed by atoms with E-state index in [0.717, 1.165) is 17.6 Å². The minimum Gasteiger partial charge on any atom is -0.329 e. The van der Waals surface area contributed by atoms with Gasteiger partial charge in [-0.1, -0.05) is 28.1 Å². The van der Waals surface area contributed by atoms with Gasteiger partial charge >= 0.3 is 0 Å². The summed E-state index contributed by atoms with van der Waals surface area (Å²) in [5, 5.41) is 0. The Morgan fingerprint density at radius 3 is 2.18 bits per heavy atom. The van der Waals surface area contributed by atoms with E-state index in [0.29, 0.717) is 12.6 Å². The molecule has 0 spiro atoms. The van der Waals surface area contributed by atoms with Gasteiger partial charge in [0.25, 0.3) is 0 Å². The SMILES string of the molecule is CN(C)CCN(C)C(CN)c1ccc(Br)cc1. The predicted octanol–water partition coefficient (Wildman–Crippen LogP) is 1.94. The van der Waals surface area contributed by atoms with Gasteiger partial charge in [-0.3, -0.25) is 4.90 Å². The van der Waals surface area contributed by atoms with Crippen LogP contribution in [0.4, 0.5) is 0 Å². The molecular formula is C13H22BrN3. The molecule has 4 heteroatoms. The molecule has 96 valence electrons. The van der Waals surface area contributed by atoms with E-state index in [-0.39, 0.29) is 0 Å². The van der Waals surface area contributed by atoms with E-state index in [4.69, 9.17) is 5.73 Å². The third-order valence-electron chi connectivity index (χ3n) is 2.91. The molecule has 0 heterocycles. The summed E-state index contributed by atoms with van der Waals surface area (Å²) in [5.74, 6) is 0. The molecule has 0 fully saturated rings. The summed E-state index contributed by atoms with van der Waals surface area (Å²) in [6.07, 6.45) is 0. The lowest BCUT2D eigenvalue weighted by Crippen LogP contribution is -2.35. The number of hydrogen-bond donors (Lipinski definition) is 1. The molecule has 1 rings (SSSR count). The third kappa shape index (κ3) is 4.76. The summed E-state index contributed by atoms with van der Waals surface area (Å²) in [7, 11) is 6.30. The van der Waals surface area contributed by atoms with E-state index in [1.807, 2.05) is 0 Å². The third-order valence-corrected chi connectivity index (χ3v) is 3.44. The minimum absolute atomic E-state index is 0.294. The van der Waals surface area contributed by atoms with Crippen molar-refractivity contribution in [1.29, 1.82) is 0 Å². The number of likely N-dealkylation sites (N-methyl/N-ethyl adjacent to an activating group) is 2. The minimum atomic E-state index is 0.294. The molecule has 0 bridgehead atoms. The number of hydrogen-bond acceptors (Lipinski definition) is 3. The lowest BCUT2D eigenvalue weighted by Gasteiger charge is -2.28. The molecule has 0 amide bonds. The maximum Gasteiger partial charge on any atom is 0.0467 e. The molecule has 1 aromatic carbocycles. The van der Waals surface area contributed by atoms with Gasteiger partial charge in [-0.05, 0) is 38.8 Å². The van der Waals surface area contributed by atoms with Crippen molar-refractivity contribution in [2.24, 2.45) is 5.73 Å². The van der Waals surface area contributed by atoms with E-state index in [2.05, 4.69) is 71.1 Å². The van der Waals surface area contributed by atoms with Gasteiger partial charge in [0.2, 0.25) is 0 Å². The van der Waals surface area contributed by atoms with Gasteiger partial charge in [-0.25, -0.2) is 0 Å². The number of benzene rings is 1. The lowest BCUT2D eigenvalue weighted by molar-refractivity contribution is 0.223. The Hall–Kier alpha value is -0.420. The van der Waals surface area contributed by atoms with Crippen molar-refractivity contribution in [1.82, 2.24) is 9.80 Å². The second-order valence-corrected chi connectivity index (χ2v) is 5.50. The smallest absolute Gasteiger partial charge is 0.0467 e. The van der Waals surface area contributed by atoms with Gasteiger partial charge in [0.1, 0.15) is 0 Å². The molecule has 0 aliphatic heterocycles. The molecule has 0 radical (unpaired) electrons. The summed E-state index contributed by atoms with van der Waals surface area (Å²) in [5.41, 5.74) is 7.16. The first-order chi connectivity index (χ1) is 8.04. The monoisotopic (exact) mass is 299 g/mol. The van der Waals surface area contributed by atoms with E-state index >= 15 is 0 Å². The summed E-state index contributed by atoms with van der Waals surface area (Å²) in [6.45, 7) is 2.71. The van der Waals surface area contributed by atoms with Crippen LogP contribution in [0.5, 0.6) is 0 Å². The lowest BCUT2D eigenvalue weighted by atomic mass is 10.1. The van der Waals surface area contributed by atoms with Crippen molar-refractivity contribution in [2.75, 3.05) is 40.8 Å². The molecule has 0 saturated heterocycles. The molecule has 0 aromatic heterocycles. The topological polar surface area (TPSA) is 32.5 Å². The predicted molar refractivity (Wildman–Crippen MR) is 77.1 cm³/mol. The first-order valence-corrected chi connectivity index (χ1v) is 6.64. The molecule has 0 saturated carbocycles. The first-order valence-electron chi connectivity index (χ1n) is 5.85. The van der Waals surface area contributed by atoms with Crippen LogP contribution in [-0.2, 0) is 0 Å². The average molecular weight is 300 g/mol. The van der Waals surface area contributed by atoms with E-state index in [9.17, 15) is 0 Å². The normalized spacial score (nSPS) is 13.4. The standard InChI is InChI=1S/C13H22BrN3/c1-16(2)8-9-17(3)13(10-15)11-4-6-12(14)7-5-11/h4-7,13H,8-10,15H2,1-3H3. The first kappa shape index (κ1) is 14.6. The molecule has 17 heavy (non-hydrogen) atoms. The Morgan fingerprint density at radius 2 is 1.71 bits per heavy atom. The molecule has 1 atom stereocenters. The van der Waals surface area contributed by atoms with Crippen LogP contribution >= 0.6 is 15.9 Å². The Morgan fingerprint density at radius 1 is 1.12 bits per heavy atom. The van der Waals surface area contributed by atoms with Crippen molar-refractivity contribution in [3.8, 4) is 0 Å². The molecule has 1 aromatic rings. The van der Waals surface area contributed by atoms with Gasteiger partial charge < -0.3 is 10.6 Å². The molecule has 0 aliphatic carbocycles. The number of halogens is 1. The summed E-state index contributed by atoms with van der Waals surface area (Å²) < 4.78 is 1.10. The van der Waals surface area contributed by atoms with E-state index in [1.165, 1.54) is 5.56 Å². The van der Waals surface area contributed by atoms with Crippen molar-refractivity contribution in [2.45, 2.75) is 6.04 Å². The summed E-state index contributed by atoms with van der Waals surface area (Å²) in [4.78, 5) is 4.49. The summed E-state index contributed by atoms with van der Waals surface area (Å²) in [6, 6.07) is 8.69. The number of nitrogens with two attached hydrogens (primary N) is 1. The van der Waals surface area contributed by atoms with Gasteiger partial charge in [-0.15, -0.1) is 0 Å². The van der Waals surface area contributed by atoms with E-state index in [1.54, 1.807) is 0 Å². The van der Waals surface area contributed by atoms with Gasteiger partial charge in [0.05, 0.1) is 0 Å². The molecule has 3 nitrogen and oxygen atoms in total. The van der Waals surface area contributed by atoms with Crippen LogP contribution in [0.15, 0.2) is 28.7 Å². The fourth-order valence-corrected chi connectivity index (χ4v) is 2.03. The Bertz CT molecular complexity index is 324. The highest BCUT2D eigenvalue weighted by Crippen LogP contribution is 2.20. The zero-order valence-electron chi connectivity index (χ0n) is 10.9. The van der Waals surface area contributed by atoms with Gasteiger partial charge in [-0.2, -0.15) is 0 Å². The van der Waals surface area contributed by atoms with Crippen LogP contribution in [0, 0.1) is 0 Å². The van der Waals surface area contributed by atoms with Gasteiger partial charge in [0, 0.05) is 30.1 Å². The Labute approximate surface area is 113 Å². The zero-order chi connectivity index (χ0) is 12.8. The largest absolute Gasteiger partial charge is 0.329 e. The van der Waals surface area contributed by atoms with E-state index < -0.39 is 0 Å². The number of rotatable bonds is 6. The van der Waals surface area contributed by atoms with Crippen LogP contribution in [0.3, 0.4) is 0 Å². The second-order valence-electron chi connectivity index (χ2n) is 4.59. The fourth-order valence-electron chi connectivity index (χ4n) is 1.77. The maximum atomic E-state index is 5.88. The Kier molecular flexibility index (Phi) is 6.12. The van der Waals surface area contributed by atoms with Crippen LogP contribution in [0.2, 0.25) is 0 Å². The highest BCUT2D eigenvalue weighted by atomic mass is 79.9. The fraction of sp³-hybridized carbons (Fsp3) is 0.538. The summed E-state index contributed by atoms with van der Waals surface area (Å²) >= 11 is 3.45. The van der Waals surface area contributed by atoms with Gasteiger partial charge in [0.15, 0.2) is 0 Å². The average Bonchev–Trinajstić information content (AvgIpc) is 2.30. The van der Waals surface area contributed by atoms with Crippen molar-refractivity contribution >= 4 is 15.9 Å². The maximum absolute atomic E-state index is 5.88. The quantitative estimate of drug-likeness (QED) is 0.871. The molecule has 1 unspecified atom stereocenters. The number of nitrogens with zero attached hydrogens (tertiary/aromatic N) is 2. The molecular weight excluding hydrogens is 278 g/mol. The molecule has 0 aliphatic rings. The van der Waals surface area contributed by atoms with Crippen molar-refractivity contribution in [3.63, 3.8) is 0 Å². The molecule has 2 N–H and O–H groups in total. The highest BCUT2D eigenvalue weighted by Gasteiger charge is 2.14.